The predicted octanol–water partition coefficient (Wildman–Crippen LogP) is -3.38. The lowest BCUT2D eigenvalue weighted by atomic mass is 10.1. The van der Waals surface area contributed by atoms with Crippen LogP contribution in [0.4, 0.5) is 0 Å². The molecule has 0 aromatic heterocycles. The van der Waals surface area contributed by atoms with Gasteiger partial charge in [0.2, 0.25) is 23.6 Å². The third-order valence-electron chi connectivity index (χ3n) is 5.19. The highest BCUT2D eigenvalue weighted by molar-refractivity contribution is 5.96. The number of hydrogen-bond donors (Lipinski definition) is 7. The minimum atomic E-state index is -1.50. The Morgan fingerprint density at radius 1 is 1.09 bits per heavy atom. The van der Waals surface area contributed by atoms with Crippen LogP contribution in [0, 0.1) is 0 Å². The van der Waals surface area contributed by atoms with E-state index in [1.807, 2.05) is 0 Å². The minimum Gasteiger partial charge on any atom is -0.481 e. The first-order valence-electron chi connectivity index (χ1n) is 10.6. The first-order valence-corrected chi connectivity index (χ1v) is 10.6. The van der Waals surface area contributed by atoms with Gasteiger partial charge < -0.3 is 42.5 Å². The molecule has 0 unspecified atom stereocenters. The summed E-state index contributed by atoms with van der Waals surface area (Å²) < 4.78 is 0. The van der Waals surface area contributed by atoms with Gasteiger partial charge in [-0.15, -0.1) is 0 Å². The van der Waals surface area contributed by atoms with E-state index in [0.717, 1.165) is 0 Å². The number of aliphatic carboxylic acids is 1. The number of amides is 4. The number of carboxylic acid groups (broad SMARTS) is 1. The van der Waals surface area contributed by atoms with Crippen molar-refractivity contribution in [1.29, 1.82) is 0 Å². The SMILES string of the molecule is CNC(=O)[C@@H]1CCCN1C(=O)[C@H](CCCCN)NC(=O)[C@H](CC(=O)O)NC(=O)[C@@H](N)CO. The smallest absolute Gasteiger partial charge is 0.305 e. The fourth-order valence-corrected chi connectivity index (χ4v) is 3.44. The molecule has 182 valence electrons. The summed E-state index contributed by atoms with van der Waals surface area (Å²) in [6.45, 7) is 0.0420. The van der Waals surface area contributed by atoms with Gasteiger partial charge in [-0.3, -0.25) is 24.0 Å². The van der Waals surface area contributed by atoms with Gasteiger partial charge in [0.15, 0.2) is 0 Å². The van der Waals surface area contributed by atoms with Crippen molar-refractivity contribution in [1.82, 2.24) is 20.9 Å². The number of likely N-dealkylation sites (tertiary alicyclic amines) is 1. The fourth-order valence-electron chi connectivity index (χ4n) is 3.44. The maximum Gasteiger partial charge on any atom is 0.305 e. The van der Waals surface area contributed by atoms with Crippen molar-refractivity contribution in [3.05, 3.63) is 0 Å². The van der Waals surface area contributed by atoms with Gasteiger partial charge in [-0.1, -0.05) is 0 Å². The summed E-state index contributed by atoms with van der Waals surface area (Å²) in [5.41, 5.74) is 10.9. The molecular formula is C19H34N6O7. The Labute approximate surface area is 186 Å². The number of nitrogens with zero attached hydrogens (tertiary/aromatic N) is 1. The van der Waals surface area contributed by atoms with E-state index in [2.05, 4.69) is 16.0 Å². The first kappa shape index (κ1) is 27.3. The molecule has 1 saturated heterocycles. The quantitative estimate of drug-likeness (QED) is 0.137. The Hall–Kier alpha value is -2.77. The average Bonchev–Trinajstić information content (AvgIpc) is 3.25. The zero-order valence-corrected chi connectivity index (χ0v) is 18.2. The number of aliphatic hydroxyl groups is 1. The number of carboxylic acids is 1. The maximum absolute atomic E-state index is 13.2. The van der Waals surface area contributed by atoms with Gasteiger partial charge in [0.25, 0.3) is 0 Å². The van der Waals surface area contributed by atoms with E-state index < -0.39 is 60.9 Å². The van der Waals surface area contributed by atoms with E-state index in [9.17, 15) is 24.0 Å². The van der Waals surface area contributed by atoms with Crippen LogP contribution in [0.5, 0.6) is 0 Å². The van der Waals surface area contributed by atoms with Gasteiger partial charge in [0.1, 0.15) is 24.2 Å². The molecule has 0 saturated carbocycles. The summed E-state index contributed by atoms with van der Waals surface area (Å²) in [6.07, 6.45) is 1.71. The normalized spacial score (nSPS) is 18.4. The maximum atomic E-state index is 13.2. The molecule has 4 amide bonds. The van der Waals surface area contributed by atoms with E-state index >= 15 is 0 Å². The monoisotopic (exact) mass is 458 g/mol. The Bertz CT molecular complexity index is 689. The summed E-state index contributed by atoms with van der Waals surface area (Å²) in [4.78, 5) is 62.6. The molecule has 1 rings (SSSR count). The van der Waals surface area contributed by atoms with Crippen LogP contribution in [0.2, 0.25) is 0 Å². The zero-order chi connectivity index (χ0) is 24.3. The van der Waals surface area contributed by atoms with Crippen molar-refractivity contribution in [2.24, 2.45) is 11.5 Å². The lowest BCUT2D eigenvalue weighted by Crippen LogP contribution is -2.58. The summed E-state index contributed by atoms with van der Waals surface area (Å²) in [5.74, 6) is -3.91. The summed E-state index contributed by atoms with van der Waals surface area (Å²) in [5, 5.41) is 25.3. The molecule has 0 bridgehead atoms. The highest BCUT2D eigenvalue weighted by Gasteiger charge is 2.38. The number of nitrogens with two attached hydrogens (primary N) is 2. The number of hydrogen-bond acceptors (Lipinski definition) is 8. The highest BCUT2D eigenvalue weighted by Crippen LogP contribution is 2.20. The molecule has 0 aliphatic carbocycles. The summed E-state index contributed by atoms with van der Waals surface area (Å²) in [7, 11) is 1.47. The van der Waals surface area contributed by atoms with Crippen LogP contribution in [0.3, 0.4) is 0 Å². The van der Waals surface area contributed by atoms with Crippen LogP contribution in [0.1, 0.15) is 38.5 Å². The van der Waals surface area contributed by atoms with Crippen molar-refractivity contribution in [3.63, 3.8) is 0 Å². The lowest BCUT2D eigenvalue weighted by molar-refractivity contribution is -0.143. The molecule has 1 aliphatic heterocycles. The van der Waals surface area contributed by atoms with Crippen LogP contribution in [-0.2, 0) is 24.0 Å². The molecule has 13 heteroatoms. The molecule has 1 fully saturated rings. The number of carbonyl (C=O) groups excluding carboxylic acids is 4. The molecule has 1 heterocycles. The van der Waals surface area contributed by atoms with Crippen LogP contribution in [0.15, 0.2) is 0 Å². The van der Waals surface area contributed by atoms with Gasteiger partial charge in [0, 0.05) is 13.6 Å². The fraction of sp³-hybridized carbons (Fsp3) is 0.737. The van der Waals surface area contributed by atoms with Crippen LogP contribution >= 0.6 is 0 Å². The molecule has 0 aromatic carbocycles. The second-order valence-corrected chi connectivity index (χ2v) is 7.60. The van der Waals surface area contributed by atoms with E-state index in [1.165, 1.54) is 11.9 Å². The highest BCUT2D eigenvalue weighted by atomic mass is 16.4. The van der Waals surface area contributed by atoms with E-state index in [4.69, 9.17) is 21.7 Å². The van der Waals surface area contributed by atoms with Crippen molar-refractivity contribution in [2.45, 2.75) is 62.7 Å². The number of aliphatic hydroxyl groups excluding tert-OH is 1. The van der Waals surface area contributed by atoms with Crippen LogP contribution in [-0.4, -0.2) is 95.6 Å². The van der Waals surface area contributed by atoms with Gasteiger partial charge in [0.05, 0.1) is 13.0 Å². The molecule has 0 radical (unpaired) electrons. The van der Waals surface area contributed by atoms with Gasteiger partial charge >= 0.3 is 5.97 Å². The van der Waals surface area contributed by atoms with Crippen LogP contribution in [0.25, 0.3) is 0 Å². The third kappa shape index (κ3) is 8.05. The Morgan fingerprint density at radius 2 is 1.75 bits per heavy atom. The predicted molar refractivity (Wildman–Crippen MR) is 113 cm³/mol. The molecular weight excluding hydrogens is 424 g/mol. The lowest BCUT2D eigenvalue weighted by Gasteiger charge is -2.29. The molecule has 9 N–H and O–H groups in total. The molecule has 4 atom stereocenters. The second-order valence-electron chi connectivity index (χ2n) is 7.60. The number of unbranched alkanes of at least 4 members (excludes halogenated alkanes) is 1. The van der Waals surface area contributed by atoms with Crippen molar-refractivity contribution in [2.75, 3.05) is 26.7 Å². The average molecular weight is 459 g/mol. The molecule has 32 heavy (non-hydrogen) atoms. The first-order chi connectivity index (χ1) is 15.2. The Morgan fingerprint density at radius 3 is 2.31 bits per heavy atom. The van der Waals surface area contributed by atoms with Gasteiger partial charge in [-0.05, 0) is 38.6 Å². The van der Waals surface area contributed by atoms with Crippen molar-refractivity contribution in [3.8, 4) is 0 Å². The number of carbonyl (C=O) groups is 5. The van der Waals surface area contributed by atoms with Gasteiger partial charge in [-0.2, -0.15) is 0 Å². The molecule has 1 aliphatic rings. The third-order valence-corrected chi connectivity index (χ3v) is 5.19. The number of likely N-dealkylation sites (N-methyl/N-ethyl adjacent to an activating group) is 1. The number of nitrogens with one attached hydrogen (secondary N) is 3. The van der Waals surface area contributed by atoms with E-state index in [1.54, 1.807) is 0 Å². The van der Waals surface area contributed by atoms with Crippen molar-refractivity contribution < 1.29 is 34.2 Å². The summed E-state index contributed by atoms with van der Waals surface area (Å²) >= 11 is 0. The minimum absolute atomic E-state index is 0.225. The Kier molecular flexibility index (Phi) is 11.6. The Balaban J connectivity index is 3.01. The largest absolute Gasteiger partial charge is 0.481 e. The second kappa shape index (κ2) is 13.6. The standard InChI is InChI=1S/C19H34N6O7/c1-22-18(31)14-6-4-8-25(14)19(32)12(5-2-3-7-20)23-17(30)13(9-15(27)28)24-16(29)11(21)10-26/h11-14,26H,2-10,20-21H2,1H3,(H,22,31)(H,23,30)(H,24,29)(H,27,28)/t11-,12-,13-,14-/m0/s1. The van der Waals surface area contributed by atoms with Gasteiger partial charge in [-0.25, -0.2) is 0 Å². The molecule has 0 spiro atoms. The molecule has 0 aromatic rings. The van der Waals surface area contributed by atoms with E-state index in [0.29, 0.717) is 38.8 Å². The summed E-state index contributed by atoms with van der Waals surface area (Å²) in [6, 6.07) is -4.52. The van der Waals surface area contributed by atoms with E-state index in [-0.39, 0.29) is 12.3 Å². The molecule has 13 nitrogen and oxygen atoms in total. The van der Waals surface area contributed by atoms with Crippen LogP contribution < -0.4 is 27.4 Å². The topological polar surface area (TPSA) is 217 Å². The zero-order valence-electron chi connectivity index (χ0n) is 18.2. The van der Waals surface area contributed by atoms with Crippen molar-refractivity contribution >= 4 is 29.6 Å². The number of rotatable bonds is 13.